The molecule has 0 saturated carbocycles. The third kappa shape index (κ3) is 5.41. The van der Waals surface area contributed by atoms with Crippen molar-refractivity contribution in [2.75, 3.05) is 19.5 Å². The zero-order chi connectivity index (χ0) is 27.4. The Hall–Kier alpha value is -4.54. The van der Waals surface area contributed by atoms with Crippen molar-refractivity contribution in [1.82, 2.24) is 14.8 Å². The van der Waals surface area contributed by atoms with E-state index in [9.17, 15) is 18.0 Å². The molecule has 198 valence electrons. The molecule has 11 heteroatoms. The monoisotopic (exact) mass is 526 g/mol. The van der Waals surface area contributed by atoms with Gasteiger partial charge in [-0.25, -0.2) is 9.78 Å². The van der Waals surface area contributed by atoms with Gasteiger partial charge in [-0.3, -0.25) is 0 Å². The molecule has 0 aliphatic heterocycles. The fourth-order valence-electron chi connectivity index (χ4n) is 4.05. The fourth-order valence-corrected chi connectivity index (χ4v) is 4.05. The number of aromatic nitrogens is 3. The molecule has 0 saturated heterocycles. The van der Waals surface area contributed by atoms with Gasteiger partial charge in [-0.05, 0) is 49.2 Å². The van der Waals surface area contributed by atoms with Gasteiger partial charge >= 0.3 is 12.3 Å². The van der Waals surface area contributed by atoms with E-state index in [1.807, 2.05) is 44.2 Å². The third-order valence-electron chi connectivity index (χ3n) is 5.73. The number of carbonyl (C=O) groups excluding carboxylic acids is 1. The number of halogens is 3. The van der Waals surface area contributed by atoms with Gasteiger partial charge in [0.05, 0.1) is 36.7 Å². The van der Waals surface area contributed by atoms with Gasteiger partial charge < -0.3 is 19.5 Å². The van der Waals surface area contributed by atoms with E-state index in [2.05, 4.69) is 15.0 Å². The lowest BCUT2D eigenvalue weighted by Crippen LogP contribution is -2.18. The predicted octanol–water partition coefficient (Wildman–Crippen LogP) is 6.24. The van der Waals surface area contributed by atoms with Crippen LogP contribution in [0.5, 0.6) is 11.5 Å². The Morgan fingerprint density at radius 3 is 2.50 bits per heavy atom. The van der Waals surface area contributed by atoms with Crippen LogP contribution in [0.15, 0.2) is 60.8 Å². The van der Waals surface area contributed by atoms with E-state index in [0.29, 0.717) is 35.1 Å². The number of ether oxygens (including phenoxy) is 3. The maximum Gasteiger partial charge on any atom is 0.573 e. The van der Waals surface area contributed by atoms with Crippen molar-refractivity contribution in [3.63, 3.8) is 0 Å². The highest BCUT2D eigenvalue weighted by atomic mass is 19.4. The molecule has 2 aromatic carbocycles. The zero-order valence-corrected chi connectivity index (χ0v) is 21.1. The van der Waals surface area contributed by atoms with Gasteiger partial charge in [0, 0.05) is 11.8 Å². The maximum atomic E-state index is 12.9. The van der Waals surface area contributed by atoms with Gasteiger partial charge in [0.15, 0.2) is 5.82 Å². The average molecular weight is 527 g/mol. The van der Waals surface area contributed by atoms with Crippen LogP contribution in [0.25, 0.3) is 16.9 Å². The van der Waals surface area contributed by atoms with Crippen LogP contribution in [-0.2, 0) is 11.2 Å². The van der Waals surface area contributed by atoms with E-state index in [0.717, 1.165) is 30.4 Å². The SMILES string of the molecule is CCc1nn(-c2ncccc2C)c(Nc2ccc(OC(F)(F)F)cc2C(=O)OC)c1-c1ccccc1OC. The first kappa shape index (κ1) is 26.5. The summed E-state index contributed by atoms with van der Waals surface area (Å²) >= 11 is 0. The molecule has 4 aromatic rings. The molecule has 0 amide bonds. The summed E-state index contributed by atoms with van der Waals surface area (Å²) in [6.07, 6.45) is -2.75. The van der Waals surface area contributed by atoms with Gasteiger partial charge in [-0.15, -0.1) is 13.2 Å². The number of para-hydroxylation sites is 1. The van der Waals surface area contributed by atoms with Crippen molar-refractivity contribution in [3.05, 3.63) is 77.6 Å². The number of anilines is 2. The molecule has 0 unspecified atom stereocenters. The number of esters is 1. The Labute approximate surface area is 217 Å². The third-order valence-corrected chi connectivity index (χ3v) is 5.73. The summed E-state index contributed by atoms with van der Waals surface area (Å²) < 4.78 is 54.6. The molecule has 1 N–H and O–H groups in total. The molecule has 0 aliphatic carbocycles. The molecule has 0 aliphatic rings. The smallest absolute Gasteiger partial charge is 0.496 e. The van der Waals surface area contributed by atoms with E-state index >= 15 is 0 Å². The summed E-state index contributed by atoms with van der Waals surface area (Å²) in [6, 6.07) is 14.4. The van der Waals surface area contributed by atoms with Crippen LogP contribution in [-0.4, -0.2) is 41.3 Å². The van der Waals surface area contributed by atoms with Gasteiger partial charge in [0.2, 0.25) is 0 Å². The lowest BCUT2D eigenvalue weighted by molar-refractivity contribution is -0.274. The highest BCUT2D eigenvalue weighted by molar-refractivity contribution is 5.98. The van der Waals surface area contributed by atoms with E-state index in [1.165, 1.54) is 6.07 Å². The number of methoxy groups -OCH3 is 2. The maximum absolute atomic E-state index is 12.9. The van der Waals surface area contributed by atoms with Gasteiger partial charge in [0.1, 0.15) is 17.3 Å². The molecule has 0 bridgehead atoms. The van der Waals surface area contributed by atoms with Crippen LogP contribution in [0.1, 0.15) is 28.5 Å². The molecule has 0 fully saturated rings. The first-order valence-corrected chi connectivity index (χ1v) is 11.6. The Morgan fingerprint density at radius 1 is 1.08 bits per heavy atom. The first-order chi connectivity index (χ1) is 18.2. The minimum Gasteiger partial charge on any atom is -0.496 e. The van der Waals surface area contributed by atoms with Gasteiger partial charge in [-0.1, -0.05) is 31.2 Å². The van der Waals surface area contributed by atoms with Crippen LogP contribution in [0, 0.1) is 6.92 Å². The van der Waals surface area contributed by atoms with Crippen LogP contribution < -0.4 is 14.8 Å². The Morgan fingerprint density at radius 2 is 1.84 bits per heavy atom. The highest BCUT2D eigenvalue weighted by Gasteiger charge is 2.32. The number of nitrogens with zero attached hydrogens (tertiary/aromatic N) is 3. The number of hydrogen-bond donors (Lipinski definition) is 1. The number of pyridine rings is 1. The van der Waals surface area contributed by atoms with Crippen molar-refractivity contribution < 1.29 is 32.2 Å². The molecule has 4 rings (SSSR count). The second-order valence-electron chi connectivity index (χ2n) is 8.15. The average Bonchev–Trinajstić information content (AvgIpc) is 3.26. The number of carbonyl (C=O) groups is 1. The topological polar surface area (TPSA) is 87.5 Å². The highest BCUT2D eigenvalue weighted by Crippen LogP contribution is 2.41. The lowest BCUT2D eigenvalue weighted by Gasteiger charge is -2.17. The number of nitrogens with one attached hydrogen (secondary N) is 1. The molecule has 8 nitrogen and oxygen atoms in total. The van der Waals surface area contributed by atoms with Gasteiger partial charge in [-0.2, -0.15) is 9.78 Å². The van der Waals surface area contributed by atoms with Crippen molar-refractivity contribution in [2.45, 2.75) is 26.6 Å². The zero-order valence-electron chi connectivity index (χ0n) is 21.1. The number of alkyl halides is 3. The molecule has 38 heavy (non-hydrogen) atoms. The predicted molar refractivity (Wildman–Crippen MR) is 135 cm³/mol. The number of aryl methyl sites for hydroxylation is 2. The minimum atomic E-state index is -4.93. The van der Waals surface area contributed by atoms with Crippen LogP contribution in [0.4, 0.5) is 24.7 Å². The van der Waals surface area contributed by atoms with E-state index in [4.69, 9.17) is 14.6 Å². The van der Waals surface area contributed by atoms with E-state index in [-0.39, 0.29) is 11.3 Å². The molecule has 0 spiro atoms. The second-order valence-corrected chi connectivity index (χ2v) is 8.15. The molecular weight excluding hydrogens is 501 g/mol. The van der Waals surface area contributed by atoms with E-state index < -0.39 is 18.1 Å². The van der Waals surface area contributed by atoms with Crippen molar-refractivity contribution in [2.24, 2.45) is 0 Å². The molecule has 2 heterocycles. The summed E-state index contributed by atoms with van der Waals surface area (Å²) in [7, 11) is 2.69. The molecule has 0 atom stereocenters. The summed E-state index contributed by atoms with van der Waals surface area (Å²) in [6.45, 7) is 3.83. The molecule has 2 aromatic heterocycles. The molecule has 0 radical (unpaired) electrons. The number of benzene rings is 2. The standard InChI is InChI=1S/C27H25F3N4O4/c1-5-20-23(18-10-6-7-11-22(18)36-3)25(34(33-20)24-16(2)9-8-14-31-24)32-21-13-12-17(38-27(28,29)30)15-19(21)26(35)37-4/h6-15,32H,5H2,1-4H3. The number of rotatable bonds is 8. The lowest BCUT2D eigenvalue weighted by atomic mass is 10.0. The van der Waals surface area contributed by atoms with Crippen LogP contribution in [0.3, 0.4) is 0 Å². The Bertz CT molecular complexity index is 1470. The normalized spacial score (nSPS) is 11.2. The van der Waals surface area contributed by atoms with Crippen molar-refractivity contribution in [1.29, 1.82) is 0 Å². The van der Waals surface area contributed by atoms with Crippen LogP contribution in [0.2, 0.25) is 0 Å². The summed E-state index contributed by atoms with van der Waals surface area (Å²) in [4.78, 5) is 17.1. The van der Waals surface area contributed by atoms with Gasteiger partial charge in [0.25, 0.3) is 0 Å². The largest absolute Gasteiger partial charge is 0.573 e. The molecular formula is C27H25F3N4O4. The Balaban J connectivity index is 1.97. The number of hydrogen-bond acceptors (Lipinski definition) is 7. The second kappa shape index (κ2) is 10.8. The van der Waals surface area contributed by atoms with Crippen molar-refractivity contribution >= 4 is 17.5 Å². The minimum absolute atomic E-state index is 0.163. The first-order valence-electron chi connectivity index (χ1n) is 11.6. The fraction of sp³-hybridized carbons (Fsp3) is 0.222. The summed E-state index contributed by atoms with van der Waals surface area (Å²) in [5, 5.41) is 8.03. The summed E-state index contributed by atoms with van der Waals surface area (Å²) in [5.74, 6) is 0.140. The quantitative estimate of drug-likeness (QED) is 0.272. The van der Waals surface area contributed by atoms with Crippen LogP contribution >= 0.6 is 0 Å². The van der Waals surface area contributed by atoms with Crippen molar-refractivity contribution in [3.8, 4) is 28.4 Å². The Kier molecular flexibility index (Phi) is 7.56. The van der Waals surface area contributed by atoms with E-state index in [1.54, 1.807) is 24.1 Å². The summed E-state index contributed by atoms with van der Waals surface area (Å²) in [5.41, 5.74) is 2.96.